The summed E-state index contributed by atoms with van der Waals surface area (Å²) in [5.41, 5.74) is 0.626. The fourth-order valence-corrected chi connectivity index (χ4v) is 1.69. The van der Waals surface area contributed by atoms with Crippen LogP contribution in [0.3, 0.4) is 0 Å². The predicted octanol–water partition coefficient (Wildman–Crippen LogP) is 3.06. The highest BCUT2D eigenvalue weighted by Crippen LogP contribution is 2.26. The molecule has 1 aromatic rings. The van der Waals surface area contributed by atoms with Gasteiger partial charge < -0.3 is 10.1 Å². The first-order valence-corrected chi connectivity index (χ1v) is 5.41. The van der Waals surface area contributed by atoms with Crippen LogP contribution >= 0.6 is 0 Å². The molecular weight excluding hydrogens is 205 g/mol. The number of nitrogens with one attached hydrogen (secondary N) is 1. The molecule has 0 saturated carbocycles. The number of hydrogen-bond acceptors (Lipinski definition) is 2. The SMILES string of the molecule is C=CCC(NCC)c1cccc(OC)c1F. The summed E-state index contributed by atoms with van der Waals surface area (Å²) in [6.45, 7) is 6.47. The number of rotatable bonds is 6. The Balaban J connectivity index is 3.02. The second-order valence-corrected chi connectivity index (χ2v) is 3.50. The van der Waals surface area contributed by atoms with Crippen LogP contribution in [0.2, 0.25) is 0 Å². The van der Waals surface area contributed by atoms with Crippen LogP contribution in [0.15, 0.2) is 30.9 Å². The molecule has 0 spiro atoms. The molecule has 0 saturated heterocycles. The summed E-state index contributed by atoms with van der Waals surface area (Å²) in [6.07, 6.45) is 2.48. The number of methoxy groups -OCH3 is 1. The molecule has 88 valence electrons. The van der Waals surface area contributed by atoms with Crippen molar-refractivity contribution in [2.45, 2.75) is 19.4 Å². The van der Waals surface area contributed by atoms with Crippen LogP contribution in [0.4, 0.5) is 4.39 Å². The van der Waals surface area contributed by atoms with Gasteiger partial charge in [0.1, 0.15) is 0 Å². The van der Waals surface area contributed by atoms with Crippen LogP contribution in [-0.4, -0.2) is 13.7 Å². The van der Waals surface area contributed by atoms with Gasteiger partial charge in [-0.25, -0.2) is 4.39 Å². The Hall–Kier alpha value is -1.35. The van der Waals surface area contributed by atoms with Crippen molar-refractivity contribution < 1.29 is 9.13 Å². The summed E-state index contributed by atoms with van der Waals surface area (Å²) in [5.74, 6) is -0.0118. The fourth-order valence-electron chi connectivity index (χ4n) is 1.69. The zero-order valence-electron chi connectivity index (χ0n) is 9.79. The molecule has 0 heterocycles. The molecule has 16 heavy (non-hydrogen) atoms. The molecule has 0 radical (unpaired) electrons. The highest BCUT2D eigenvalue weighted by Gasteiger charge is 2.16. The van der Waals surface area contributed by atoms with Crippen LogP contribution in [0.5, 0.6) is 5.75 Å². The second kappa shape index (κ2) is 6.28. The van der Waals surface area contributed by atoms with Gasteiger partial charge in [-0.2, -0.15) is 0 Å². The van der Waals surface area contributed by atoms with E-state index in [-0.39, 0.29) is 17.6 Å². The highest BCUT2D eigenvalue weighted by atomic mass is 19.1. The summed E-state index contributed by atoms with van der Waals surface area (Å²) >= 11 is 0. The number of hydrogen-bond donors (Lipinski definition) is 1. The van der Waals surface area contributed by atoms with E-state index in [1.807, 2.05) is 6.92 Å². The number of halogens is 1. The Kier molecular flexibility index (Phi) is 4.99. The standard InChI is InChI=1S/C13H18FNO/c1-4-7-11(15-5-2)10-8-6-9-12(16-3)13(10)14/h4,6,8-9,11,15H,1,5,7H2,2-3H3. The Morgan fingerprint density at radius 3 is 2.88 bits per heavy atom. The molecule has 1 N–H and O–H groups in total. The third kappa shape index (κ3) is 2.83. The van der Waals surface area contributed by atoms with Gasteiger partial charge in [-0.15, -0.1) is 6.58 Å². The van der Waals surface area contributed by atoms with Gasteiger partial charge in [0.15, 0.2) is 11.6 Å². The van der Waals surface area contributed by atoms with Crippen LogP contribution in [-0.2, 0) is 0 Å². The number of benzene rings is 1. The smallest absolute Gasteiger partial charge is 0.169 e. The minimum absolute atomic E-state index is 0.0439. The third-order valence-corrected chi connectivity index (χ3v) is 2.44. The lowest BCUT2D eigenvalue weighted by Gasteiger charge is -2.18. The van der Waals surface area contributed by atoms with Gasteiger partial charge in [-0.3, -0.25) is 0 Å². The molecule has 0 amide bonds. The Morgan fingerprint density at radius 1 is 1.56 bits per heavy atom. The Bertz CT molecular complexity index is 352. The van der Waals surface area contributed by atoms with Crippen LogP contribution in [0, 0.1) is 5.82 Å². The summed E-state index contributed by atoms with van der Waals surface area (Å²) in [6, 6.07) is 5.15. The first kappa shape index (κ1) is 12.7. The van der Waals surface area contributed by atoms with Crippen LogP contribution in [0.25, 0.3) is 0 Å². The van der Waals surface area contributed by atoms with Gasteiger partial charge in [0.25, 0.3) is 0 Å². The highest BCUT2D eigenvalue weighted by molar-refractivity contribution is 5.33. The van der Waals surface area contributed by atoms with Gasteiger partial charge in [0.2, 0.25) is 0 Å². The van der Waals surface area contributed by atoms with E-state index in [4.69, 9.17) is 4.74 Å². The van der Waals surface area contributed by atoms with E-state index < -0.39 is 0 Å². The normalized spacial score (nSPS) is 12.2. The second-order valence-electron chi connectivity index (χ2n) is 3.50. The van der Waals surface area contributed by atoms with Crippen molar-refractivity contribution in [1.82, 2.24) is 5.32 Å². The van der Waals surface area contributed by atoms with Gasteiger partial charge in [-0.05, 0) is 19.0 Å². The molecule has 1 rings (SSSR count). The van der Waals surface area contributed by atoms with Gasteiger partial charge in [0, 0.05) is 11.6 Å². The van der Waals surface area contributed by atoms with Crippen molar-refractivity contribution in [3.8, 4) is 5.75 Å². The Labute approximate surface area is 96.1 Å². The molecule has 1 unspecified atom stereocenters. The van der Waals surface area contributed by atoms with Crippen LogP contribution < -0.4 is 10.1 Å². The zero-order chi connectivity index (χ0) is 12.0. The van der Waals surface area contributed by atoms with E-state index >= 15 is 0 Å². The van der Waals surface area contributed by atoms with Crippen molar-refractivity contribution in [2.75, 3.05) is 13.7 Å². The maximum atomic E-state index is 14.0. The van der Waals surface area contributed by atoms with E-state index in [2.05, 4.69) is 11.9 Å². The molecule has 0 fully saturated rings. The molecule has 1 atom stereocenters. The third-order valence-electron chi connectivity index (χ3n) is 2.44. The fraction of sp³-hybridized carbons (Fsp3) is 0.385. The molecule has 3 heteroatoms. The molecule has 0 aliphatic heterocycles. The van der Waals surface area contributed by atoms with Crippen molar-refractivity contribution >= 4 is 0 Å². The van der Waals surface area contributed by atoms with Crippen molar-refractivity contribution in [1.29, 1.82) is 0 Å². The predicted molar refractivity (Wildman–Crippen MR) is 64.2 cm³/mol. The topological polar surface area (TPSA) is 21.3 Å². The largest absolute Gasteiger partial charge is 0.494 e. The number of ether oxygens (including phenoxy) is 1. The minimum atomic E-state index is -0.294. The maximum Gasteiger partial charge on any atom is 0.169 e. The van der Waals surface area contributed by atoms with E-state index in [9.17, 15) is 4.39 Å². The van der Waals surface area contributed by atoms with Crippen molar-refractivity contribution in [3.05, 3.63) is 42.2 Å². The summed E-state index contributed by atoms with van der Waals surface area (Å²) in [4.78, 5) is 0. The quantitative estimate of drug-likeness (QED) is 0.748. The summed E-state index contributed by atoms with van der Waals surface area (Å²) in [5, 5.41) is 3.23. The monoisotopic (exact) mass is 223 g/mol. The average molecular weight is 223 g/mol. The zero-order valence-corrected chi connectivity index (χ0v) is 9.79. The van der Waals surface area contributed by atoms with Crippen molar-refractivity contribution in [3.63, 3.8) is 0 Å². The lowest BCUT2D eigenvalue weighted by atomic mass is 10.0. The van der Waals surface area contributed by atoms with Gasteiger partial charge >= 0.3 is 0 Å². The van der Waals surface area contributed by atoms with Gasteiger partial charge in [0.05, 0.1) is 7.11 Å². The maximum absolute atomic E-state index is 14.0. The average Bonchev–Trinajstić information content (AvgIpc) is 2.29. The molecule has 0 aromatic heterocycles. The van der Waals surface area contributed by atoms with E-state index in [0.29, 0.717) is 12.0 Å². The van der Waals surface area contributed by atoms with Crippen molar-refractivity contribution in [2.24, 2.45) is 0 Å². The molecule has 0 aliphatic carbocycles. The minimum Gasteiger partial charge on any atom is -0.494 e. The molecule has 1 aromatic carbocycles. The first-order chi connectivity index (χ1) is 7.74. The lowest BCUT2D eigenvalue weighted by Crippen LogP contribution is -2.21. The molecule has 0 bridgehead atoms. The first-order valence-electron chi connectivity index (χ1n) is 5.41. The van der Waals surface area contributed by atoms with E-state index in [0.717, 1.165) is 6.54 Å². The van der Waals surface area contributed by atoms with E-state index in [1.165, 1.54) is 7.11 Å². The van der Waals surface area contributed by atoms with Crippen LogP contribution in [0.1, 0.15) is 24.9 Å². The Morgan fingerprint density at radius 2 is 2.31 bits per heavy atom. The summed E-state index contributed by atoms with van der Waals surface area (Å²) in [7, 11) is 1.47. The molecular formula is C13H18FNO. The molecule has 2 nitrogen and oxygen atoms in total. The lowest BCUT2D eigenvalue weighted by molar-refractivity contribution is 0.379. The van der Waals surface area contributed by atoms with E-state index in [1.54, 1.807) is 24.3 Å². The summed E-state index contributed by atoms with van der Waals surface area (Å²) < 4.78 is 18.9. The molecule has 0 aliphatic rings. The van der Waals surface area contributed by atoms with Gasteiger partial charge in [-0.1, -0.05) is 25.1 Å².